The lowest BCUT2D eigenvalue weighted by Gasteiger charge is -2.25. The molecule has 1 N–H and O–H groups in total. The van der Waals surface area contributed by atoms with Crippen molar-refractivity contribution < 1.29 is 31.8 Å². The highest BCUT2D eigenvalue weighted by Crippen LogP contribution is 2.34. The van der Waals surface area contributed by atoms with Crippen LogP contribution in [0.3, 0.4) is 0 Å². The molecule has 5 rings (SSSR count). The van der Waals surface area contributed by atoms with Gasteiger partial charge in [-0.1, -0.05) is 12.1 Å². The van der Waals surface area contributed by atoms with Gasteiger partial charge in [0.25, 0.3) is 15.9 Å². The van der Waals surface area contributed by atoms with Crippen LogP contribution in [0.1, 0.15) is 5.56 Å². The van der Waals surface area contributed by atoms with Crippen molar-refractivity contribution >= 4 is 39.6 Å². The molecule has 3 aromatic carbocycles. The molecule has 0 aromatic heterocycles. The van der Waals surface area contributed by atoms with Gasteiger partial charge in [0, 0.05) is 17.6 Å². The number of carbonyl (C=O) groups excluding carboxylic acids is 1. The van der Waals surface area contributed by atoms with Crippen LogP contribution in [-0.4, -0.2) is 57.9 Å². The Balaban J connectivity index is 1.32. The molecule has 2 heterocycles. The minimum atomic E-state index is -4.24. The summed E-state index contributed by atoms with van der Waals surface area (Å²) in [7, 11) is -4.24. The first-order chi connectivity index (χ1) is 18.4. The van der Waals surface area contributed by atoms with Gasteiger partial charge in [0.15, 0.2) is 11.5 Å². The number of thioether (sulfide) groups is 1. The van der Waals surface area contributed by atoms with E-state index in [2.05, 4.69) is 10.5 Å². The van der Waals surface area contributed by atoms with E-state index in [0.717, 1.165) is 27.9 Å². The Labute approximate surface area is 223 Å². The number of sulfonamides is 1. The second-order valence-electron chi connectivity index (χ2n) is 8.44. The minimum Gasteiger partial charge on any atom is -0.489 e. The number of hydrazone groups is 1. The molecule has 0 radical (unpaired) electrons. The zero-order valence-corrected chi connectivity index (χ0v) is 21.7. The predicted molar refractivity (Wildman–Crippen MR) is 142 cm³/mol. The Morgan fingerprint density at radius 1 is 1.08 bits per heavy atom. The van der Waals surface area contributed by atoms with E-state index in [1.165, 1.54) is 36.5 Å². The lowest BCUT2D eigenvalue weighted by Crippen LogP contribution is -2.39. The highest BCUT2D eigenvalue weighted by molar-refractivity contribution is 8.00. The zero-order chi connectivity index (χ0) is 26.5. The third-order valence-corrected chi connectivity index (χ3v) is 8.66. The topological polar surface area (TPSA) is 107 Å². The standard InChI is InChI=1S/C26H24FN3O6S2/c27-19-4-6-20(7-5-19)30(38(32,33)23-8-9-24-25(13-23)35-11-10-34-24)15-26(31)29-28-14-18-2-1-3-21(12-18)36-22-16-37-17-22/h1-9,12-14,22H,10-11,15-17H2,(H,29,31)/b28-14-. The minimum absolute atomic E-state index is 0.107. The Morgan fingerprint density at radius 3 is 2.58 bits per heavy atom. The molecule has 3 aromatic rings. The Bertz CT molecular complexity index is 1450. The zero-order valence-electron chi connectivity index (χ0n) is 20.1. The van der Waals surface area contributed by atoms with Crippen LogP contribution in [0, 0.1) is 5.82 Å². The number of halogens is 1. The van der Waals surface area contributed by atoms with E-state index in [1.807, 2.05) is 23.9 Å². The summed E-state index contributed by atoms with van der Waals surface area (Å²) in [6, 6.07) is 16.3. The van der Waals surface area contributed by atoms with Crippen LogP contribution in [0.25, 0.3) is 0 Å². The molecule has 198 valence electrons. The van der Waals surface area contributed by atoms with E-state index in [1.54, 1.807) is 12.1 Å². The Hall–Kier alpha value is -3.77. The van der Waals surface area contributed by atoms with E-state index in [4.69, 9.17) is 14.2 Å². The summed E-state index contributed by atoms with van der Waals surface area (Å²) in [5.41, 5.74) is 3.17. The number of hydrogen-bond donors (Lipinski definition) is 1. The lowest BCUT2D eigenvalue weighted by molar-refractivity contribution is -0.119. The molecule has 2 aliphatic rings. The maximum Gasteiger partial charge on any atom is 0.264 e. The van der Waals surface area contributed by atoms with Crippen LogP contribution in [0.15, 0.2) is 76.7 Å². The summed E-state index contributed by atoms with van der Waals surface area (Å²) in [4.78, 5) is 12.7. The van der Waals surface area contributed by atoms with Crippen molar-refractivity contribution in [3.63, 3.8) is 0 Å². The molecule has 12 heteroatoms. The van der Waals surface area contributed by atoms with Gasteiger partial charge in [-0.15, -0.1) is 0 Å². The molecule has 9 nitrogen and oxygen atoms in total. The monoisotopic (exact) mass is 557 g/mol. The molecule has 0 atom stereocenters. The van der Waals surface area contributed by atoms with Crippen LogP contribution in [0.5, 0.6) is 17.2 Å². The van der Waals surface area contributed by atoms with Gasteiger partial charge in [-0.05, 0) is 54.1 Å². The summed E-state index contributed by atoms with van der Waals surface area (Å²) in [5, 5.41) is 3.97. The smallest absolute Gasteiger partial charge is 0.264 e. The van der Waals surface area contributed by atoms with Crippen LogP contribution in [0.4, 0.5) is 10.1 Å². The molecule has 0 unspecified atom stereocenters. The van der Waals surface area contributed by atoms with Crippen LogP contribution >= 0.6 is 11.8 Å². The van der Waals surface area contributed by atoms with Gasteiger partial charge in [0.1, 0.15) is 37.4 Å². The first-order valence-electron chi connectivity index (χ1n) is 11.7. The normalized spacial score (nSPS) is 15.1. The summed E-state index contributed by atoms with van der Waals surface area (Å²) in [5.74, 6) is 2.10. The fourth-order valence-corrected chi connectivity index (χ4v) is 5.72. The molecule has 1 saturated heterocycles. The maximum atomic E-state index is 13.6. The molecule has 0 spiro atoms. The van der Waals surface area contributed by atoms with Gasteiger partial charge in [-0.25, -0.2) is 18.2 Å². The number of fused-ring (bicyclic) bond motifs is 1. The number of anilines is 1. The molecular weight excluding hydrogens is 533 g/mol. The number of benzene rings is 3. The third-order valence-electron chi connectivity index (χ3n) is 5.67. The van der Waals surface area contributed by atoms with Gasteiger partial charge in [0.2, 0.25) is 0 Å². The second-order valence-corrected chi connectivity index (χ2v) is 11.4. The van der Waals surface area contributed by atoms with Crippen molar-refractivity contribution in [2.75, 3.05) is 35.6 Å². The van der Waals surface area contributed by atoms with E-state index in [-0.39, 0.29) is 29.0 Å². The van der Waals surface area contributed by atoms with Crippen molar-refractivity contribution in [3.8, 4) is 17.2 Å². The number of hydrogen-bond acceptors (Lipinski definition) is 8. The molecule has 0 bridgehead atoms. The summed E-state index contributed by atoms with van der Waals surface area (Å²) < 4.78 is 58.5. The first kappa shape index (κ1) is 25.9. The van der Waals surface area contributed by atoms with Crippen molar-refractivity contribution in [3.05, 3.63) is 78.1 Å². The molecule has 0 aliphatic carbocycles. The highest BCUT2D eigenvalue weighted by Gasteiger charge is 2.29. The summed E-state index contributed by atoms with van der Waals surface area (Å²) in [6.07, 6.45) is 1.64. The van der Waals surface area contributed by atoms with Crippen molar-refractivity contribution in [1.82, 2.24) is 5.43 Å². The van der Waals surface area contributed by atoms with Crippen LogP contribution in [-0.2, 0) is 14.8 Å². The number of amides is 1. The number of rotatable bonds is 9. The molecule has 1 fully saturated rings. The number of nitrogens with one attached hydrogen (secondary N) is 1. The van der Waals surface area contributed by atoms with Gasteiger partial charge in [0.05, 0.1) is 16.8 Å². The van der Waals surface area contributed by atoms with Gasteiger partial charge < -0.3 is 14.2 Å². The van der Waals surface area contributed by atoms with E-state index in [9.17, 15) is 17.6 Å². The molecule has 2 aliphatic heterocycles. The van der Waals surface area contributed by atoms with E-state index in [0.29, 0.717) is 23.7 Å². The maximum absolute atomic E-state index is 13.6. The van der Waals surface area contributed by atoms with Gasteiger partial charge in [-0.3, -0.25) is 9.10 Å². The Morgan fingerprint density at radius 2 is 1.84 bits per heavy atom. The number of carbonyl (C=O) groups is 1. The largest absolute Gasteiger partial charge is 0.489 e. The van der Waals surface area contributed by atoms with E-state index < -0.39 is 28.3 Å². The average Bonchev–Trinajstić information content (AvgIpc) is 2.90. The van der Waals surface area contributed by atoms with E-state index >= 15 is 0 Å². The van der Waals surface area contributed by atoms with Crippen molar-refractivity contribution in [2.24, 2.45) is 5.10 Å². The second kappa shape index (κ2) is 11.3. The SMILES string of the molecule is O=C(CN(c1ccc(F)cc1)S(=O)(=O)c1ccc2c(c1)OCCO2)N/N=C\c1cccc(OC2CSC2)c1. The summed E-state index contributed by atoms with van der Waals surface area (Å²) in [6.45, 7) is 0.0496. The summed E-state index contributed by atoms with van der Waals surface area (Å²) >= 11 is 1.82. The van der Waals surface area contributed by atoms with Gasteiger partial charge in [-0.2, -0.15) is 16.9 Å². The van der Waals surface area contributed by atoms with Crippen molar-refractivity contribution in [2.45, 2.75) is 11.0 Å². The highest BCUT2D eigenvalue weighted by atomic mass is 32.2. The van der Waals surface area contributed by atoms with Crippen LogP contribution < -0.4 is 23.9 Å². The van der Waals surface area contributed by atoms with Crippen LogP contribution in [0.2, 0.25) is 0 Å². The Kier molecular flexibility index (Phi) is 7.70. The third kappa shape index (κ3) is 6.03. The molecule has 1 amide bonds. The molecule has 38 heavy (non-hydrogen) atoms. The predicted octanol–water partition coefficient (Wildman–Crippen LogP) is 3.44. The quantitative estimate of drug-likeness (QED) is 0.317. The molecule has 0 saturated carbocycles. The molecular formula is C26H24FN3O6S2. The van der Waals surface area contributed by atoms with Crippen molar-refractivity contribution in [1.29, 1.82) is 0 Å². The fourth-order valence-electron chi connectivity index (χ4n) is 3.72. The first-order valence-corrected chi connectivity index (χ1v) is 14.3. The van der Waals surface area contributed by atoms with Gasteiger partial charge >= 0.3 is 0 Å². The number of ether oxygens (including phenoxy) is 3. The fraction of sp³-hybridized carbons (Fsp3) is 0.231. The number of nitrogens with zero attached hydrogens (tertiary/aromatic N) is 2. The lowest BCUT2D eigenvalue weighted by atomic mass is 10.2. The average molecular weight is 558 g/mol.